The summed E-state index contributed by atoms with van der Waals surface area (Å²) < 4.78 is 11.0. The zero-order valence-electron chi connectivity index (χ0n) is 12.3. The van der Waals surface area contributed by atoms with Crippen LogP contribution >= 0.6 is 0 Å². The van der Waals surface area contributed by atoms with Crippen LogP contribution in [0.3, 0.4) is 0 Å². The van der Waals surface area contributed by atoms with Gasteiger partial charge in [0.05, 0.1) is 12.7 Å². The molecule has 2 rings (SSSR count). The van der Waals surface area contributed by atoms with Crippen molar-refractivity contribution in [3.05, 3.63) is 29.8 Å². The smallest absolute Gasteiger partial charge is 0.253 e. The molecule has 0 radical (unpaired) electrons. The fourth-order valence-corrected chi connectivity index (χ4v) is 2.43. The number of hydrogen-bond acceptors (Lipinski definition) is 3. The highest BCUT2D eigenvalue weighted by molar-refractivity contribution is 5.94. The average molecular weight is 277 g/mol. The predicted octanol–water partition coefficient (Wildman–Crippen LogP) is 2.73. The number of likely N-dealkylation sites (N-methyl/N-ethyl adjacent to an activating group) is 1. The molecule has 20 heavy (non-hydrogen) atoms. The molecule has 0 spiro atoms. The minimum absolute atomic E-state index is 0.0612. The molecule has 0 bridgehead atoms. The summed E-state index contributed by atoms with van der Waals surface area (Å²) in [6, 6.07) is 7.34. The first kappa shape index (κ1) is 14.9. The molecule has 1 aliphatic heterocycles. The zero-order valence-corrected chi connectivity index (χ0v) is 12.3. The van der Waals surface area contributed by atoms with E-state index in [1.165, 1.54) is 0 Å². The van der Waals surface area contributed by atoms with Crippen molar-refractivity contribution in [1.29, 1.82) is 0 Å². The van der Waals surface area contributed by atoms with Crippen molar-refractivity contribution in [1.82, 2.24) is 4.90 Å². The number of carbonyl (C=O) groups is 1. The van der Waals surface area contributed by atoms with Gasteiger partial charge in [0.25, 0.3) is 5.91 Å². The van der Waals surface area contributed by atoms with Crippen LogP contribution in [0.5, 0.6) is 5.75 Å². The molecule has 1 atom stereocenters. The Kier molecular flexibility index (Phi) is 5.41. The van der Waals surface area contributed by atoms with Crippen LogP contribution in [0.25, 0.3) is 0 Å². The standard InChI is InChI=1S/C16H23NO3/c1-3-17(12-15-6-5-11-20-15)16(18)13-7-9-14(10-8-13)19-4-2/h7-10,15H,3-6,11-12H2,1-2H3/t15-/m1/s1. The van der Waals surface area contributed by atoms with Crippen molar-refractivity contribution in [2.24, 2.45) is 0 Å². The summed E-state index contributed by atoms with van der Waals surface area (Å²) in [6.07, 6.45) is 2.34. The van der Waals surface area contributed by atoms with E-state index in [9.17, 15) is 4.79 Å². The molecule has 1 aromatic carbocycles. The van der Waals surface area contributed by atoms with E-state index < -0.39 is 0 Å². The van der Waals surface area contributed by atoms with E-state index in [1.54, 1.807) is 0 Å². The molecule has 4 heteroatoms. The predicted molar refractivity (Wildman–Crippen MR) is 78.2 cm³/mol. The Hall–Kier alpha value is -1.55. The number of benzene rings is 1. The Morgan fingerprint density at radius 2 is 2.10 bits per heavy atom. The first-order chi connectivity index (χ1) is 9.74. The van der Waals surface area contributed by atoms with Gasteiger partial charge in [-0.05, 0) is 51.0 Å². The summed E-state index contributed by atoms with van der Waals surface area (Å²) in [7, 11) is 0. The summed E-state index contributed by atoms with van der Waals surface area (Å²) in [5.74, 6) is 0.859. The van der Waals surface area contributed by atoms with E-state index in [0.717, 1.165) is 25.2 Å². The molecule has 1 fully saturated rings. The Bertz CT molecular complexity index is 424. The van der Waals surface area contributed by atoms with Gasteiger partial charge in [0, 0.05) is 25.3 Å². The second-order valence-corrected chi connectivity index (χ2v) is 4.94. The minimum Gasteiger partial charge on any atom is -0.494 e. The van der Waals surface area contributed by atoms with Gasteiger partial charge < -0.3 is 14.4 Å². The molecule has 0 N–H and O–H groups in total. The summed E-state index contributed by atoms with van der Waals surface area (Å²) in [6.45, 7) is 6.78. The van der Waals surface area contributed by atoms with E-state index >= 15 is 0 Å². The molecule has 4 nitrogen and oxygen atoms in total. The van der Waals surface area contributed by atoms with Crippen LogP contribution in [0.2, 0.25) is 0 Å². The number of nitrogens with zero attached hydrogens (tertiary/aromatic N) is 1. The van der Waals surface area contributed by atoms with Gasteiger partial charge in [-0.3, -0.25) is 4.79 Å². The summed E-state index contributed by atoms with van der Waals surface area (Å²) in [4.78, 5) is 14.3. The van der Waals surface area contributed by atoms with Gasteiger partial charge in [-0.15, -0.1) is 0 Å². The van der Waals surface area contributed by atoms with Gasteiger partial charge in [-0.25, -0.2) is 0 Å². The van der Waals surface area contributed by atoms with E-state index in [4.69, 9.17) is 9.47 Å². The molecule has 110 valence electrons. The van der Waals surface area contributed by atoms with Crippen molar-refractivity contribution >= 4 is 5.91 Å². The fraction of sp³-hybridized carbons (Fsp3) is 0.562. The van der Waals surface area contributed by atoms with Gasteiger partial charge >= 0.3 is 0 Å². The average Bonchev–Trinajstić information content (AvgIpc) is 2.98. The normalized spacial score (nSPS) is 18.0. The monoisotopic (exact) mass is 277 g/mol. The number of ether oxygens (including phenoxy) is 2. The van der Waals surface area contributed by atoms with Gasteiger partial charge in [0.1, 0.15) is 5.75 Å². The topological polar surface area (TPSA) is 38.8 Å². The number of hydrogen-bond donors (Lipinski definition) is 0. The van der Waals surface area contributed by atoms with Crippen LogP contribution in [-0.4, -0.2) is 43.2 Å². The minimum atomic E-state index is 0.0612. The highest BCUT2D eigenvalue weighted by Crippen LogP contribution is 2.17. The van der Waals surface area contributed by atoms with E-state index in [0.29, 0.717) is 25.3 Å². The van der Waals surface area contributed by atoms with Crippen molar-refractivity contribution in [2.45, 2.75) is 32.8 Å². The maximum atomic E-state index is 12.5. The maximum Gasteiger partial charge on any atom is 0.253 e. The van der Waals surface area contributed by atoms with E-state index in [2.05, 4.69) is 0 Å². The SMILES string of the molecule is CCOc1ccc(C(=O)N(CC)C[C@H]2CCCO2)cc1. The Morgan fingerprint density at radius 3 is 2.65 bits per heavy atom. The van der Waals surface area contributed by atoms with Crippen LogP contribution in [-0.2, 0) is 4.74 Å². The molecular formula is C16H23NO3. The van der Waals surface area contributed by atoms with E-state index in [-0.39, 0.29) is 12.0 Å². The zero-order chi connectivity index (χ0) is 14.4. The molecule has 0 aliphatic carbocycles. The Balaban J connectivity index is 1.99. The van der Waals surface area contributed by atoms with Crippen molar-refractivity contribution in [3.8, 4) is 5.75 Å². The molecule has 0 unspecified atom stereocenters. The Morgan fingerprint density at radius 1 is 1.35 bits per heavy atom. The van der Waals surface area contributed by atoms with Gasteiger partial charge in [-0.2, -0.15) is 0 Å². The van der Waals surface area contributed by atoms with Gasteiger partial charge in [0.15, 0.2) is 0 Å². The second-order valence-electron chi connectivity index (χ2n) is 4.94. The van der Waals surface area contributed by atoms with Gasteiger partial charge in [0.2, 0.25) is 0 Å². The summed E-state index contributed by atoms with van der Waals surface area (Å²) in [5, 5.41) is 0. The van der Waals surface area contributed by atoms with Crippen LogP contribution in [0.15, 0.2) is 24.3 Å². The lowest BCUT2D eigenvalue weighted by Gasteiger charge is -2.24. The van der Waals surface area contributed by atoms with Crippen molar-refractivity contribution < 1.29 is 14.3 Å². The second kappa shape index (κ2) is 7.29. The van der Waals surface area contributed by atoms with Crippen LogP contribution in [0.4, 0.5) is 0 Å². The Labute approximate surface area is 120 Å². The van der Waals surface area contributed by atoms with Crippen LogP contribution in [0, 0.1) is 0 Å². The van der Waals surface area contributed by atoms with E-state index in [1.807, 2.05) is 43.0 Å². The highest BCUT2D eigenvalue weighted by Gasteiger charge is 2.22. The van der Waals surface area contributed by atoms with Crippen LogP contribution < -0.4 is 4.74 Å². The highest BCUT2D eigenvalue weighted by atomic mass is 16.5. The molecule has 1 amide bonds. The fourth-order valence-electron chi connectivity index (χ4n) is 2.43. The summed E-state index contributed by atoms with van der Waals surface area (Å²) in [5.41, 5.74) is 0.702. The van der Waals surface area contributed by atoms with Gasteiger partial charge in [-0.1, -0.05) is 0 Å². The number of carbonyl (C=O) groups excluding carboxylic acids is 1. The molecule has 1 aliphatic rings. The lowest BCUT2D eigenvalue weighted by Crippen LogP contribution is -2.37. The third-order valence-electron chi connectivity index (χ3n) is 3.53. The molecule has 0 aromatic heterocycles. The van der Waals surface area contributed by atoms with Crippen LogP contribution in [0.1, 0.15) is 37.0 Å². The van der Waals surface area contributed by atoms with Crippen molar-refractivity contribution in [3.63, 3.8) is 0 Å². The maximum absolute atomic E-state index is 12.5. The molecule has 1 heterocycles. The largest absolute Gasteiger partial charge is 0.494 e. The molecular weight excluding hydrogens is 254 g/mol. The van der Waals surface area contributed by atoms with Crippen molar-refractivity contribution in [2.75, 3.05) is 26.3 Å². The third kappa shape index (κ3) is 3.73. The third-order valence-corrected chi connectivity index (χ3v) is 3.53. The molecule has 0 saturated carbocycles. The number of rotatable bonds is 6. The first-order valence-electron chi connectivity index (χ1n) is 7.38. The molecule has 1 aromatic rings. The lowest BCUT2D eigenvalue weighted by molar-refractivity contribution is 0.0539. The first-order valence-corrected chi connectivity index (χ1v) is 7.38. The summed E-state index contributed by atoms with van der Waals surface area (Å²) >= 11 is 0. The number of amides is 1. The quantitative estimate of drug-likeness (QED) is 0.802. The lowest BCUT2D eigenvalue weighted by atomic mass is 10.1. The molecule has 1 saturated heterocycles.